The third-order valence-electron chi connectivity index (χ3n) is 4.08. The number of benzene rings is 2. The standard InChI is InChI=1S/C19H21NO2/c1-14(21)20-17-12-18(15-8-4-2-5-9-15)22-19(13-17)16-10-6-3-7-11-16/h2-11,17-19H,12-13H2,1H3,(H,20,21)/t18-,19-/m1/s1. The van der Waals surface area contributed by atoms with Crippen LogP contribution < -0.4 is 5.32 Å². The van der Waals surface area contributed by atoms with Crippen molar-refractivity contribution in [3.05, 3.63) is 71.8 Å². The second kappa shape index (κ2) is 6.75. The van der Waals surface area contributed by atoms with E-state index in [4.69, 9.17) is 4.74 Å². The molecule has 2 aromatic carbocycles. The average molecular weight is 295 g/mol. The summed E-state index contributed by atoms with van der Waals surface area (Å²) in [5.74, 6) is 0.0190. The Balaban J connectivity index is 1.83. The van der Waals surface area contributed by atoms with Gasteiger partial charge in [-0.1, -0.05) is 60.7 Å². The van der Waals surface area contributed by atoms with Crippen LogP contribution in [0.4, 0.5) is 0 Å². The summed E-state index contributed by atoms with van der Waals surface area (Å²) in [6, 6.07) is 20.6. The average Bonchev–Trinajstić information content (AvgIpc) is 2.55. The van der Waals surface area contributed by atoms with Gasteiger partial charge in [0, 0.05) is 13.0 Å². The maximum Gasteiger partial charge on any atom is 0.217 e. The summed E-state index contributed by atoms with van der Waals surface area (Å²) in [6.45, 7) is 1.57. The minimum absolute atomic E-state index is 0.0111. The van der Waals surface area contributed by atoms with E-state index in [1.165, 1.54) is 11.1 Å². The SMILES string of the molecule is CC(=O)NC1C[C@H](c2ccccc2)O[C@@H](c2ccccc2)C1. The molecule has 1 aliphatic heterocycles. The molecule has 1 saturated heterocycles. The Bertz CT molecular complexity index is 564. The molecule has 22 heavy (non-hydrogen) atoms. The first kappa shape index (κ1) is 14.8. The number of carbonyl (C=O) groups is 1. The van der Waals surface area contributed by atoms with Gasteiger partial charge in [0.1, 0.15) is 0 Å². The third kappa shape index (κ3) is 3.55. The summed E-state index contributed by atoms with van der Waals surface area (Å²) in [4.78, 5) is 11.4. The van der Waals surface area contributed by atoms with Gasteiger partial charge in [-0.15, -0.1) is 0 Å². The highest BCUT2D eigenvalue weighted by Gasteiger charge is 2.31. The quantitative estimate of drug-likeness (QED) is 0.935. The van der Waals surface area contributed by atoms with E-state index in [1.54, 1.807) is 6.92 Å². The molecule has 0 aromatic heterocycles. The van der Waals surface area contributed by atoms with Gasteiger partial charge in [-0.3, -0.25) is 4.79 Å². The summed E-state index contributed by atoms with van der Waals surface area (Å²) >= 11 is 0. The van der Waals surface area contributed by atoms with Crippen molar-refractivity contribution in [2.75, 3.05) is 0 Å². The molecular weight excluding hydrogens is 274 g/mol. The van der Waals surface area contributed by atoms with Crippen LogP contribution in [0.3, 0.4) is 0 Å². The van der Waals surface area contributed by atoms with E-state index < -0.39 is 0 Å². The van der Waals surface area contributed by atoms with Gasteiger partial charge in [0.25, 0.3) is 0 Å². The summed E-state index contributed by atoms with van der Waals surface area (Å²) in [6.07, 6.45) is 1.65. The van der Waals surface area contributed by atoms with Crippen molar-refractivity contribution in [2.45, 2.75) is 38.0 Å². The van der Waals surface area contributed by atoms with Crippen molar-refractivity contribution >= 4 is 5.91 Å². The highest BCUT2D eigenvalue weighted by Crippen LogP contribution is 2.38. The summed E-state index contributed by atoms with van der Waals surface area (Å²) in [5, 5.41) is 3.06. The fourth-order valence-electron chi connectivity index (χ4n) is 3.09. The molecule has 3 rings (SSSR count). The van der Waals surface area contributed by atoms with E-state index in [0.717, 1.165) is 12.8 Å². The highest BCUT2D eigenvalue weighted by atomic mass is 16.5. The van der Waals surface area contributed by atoms with Crippen LogP contribution in [0.1, 0.15) is 43.1 Å². The largest absolute Gasteiger partial charge is 0.365 e. The van der Waals surface area contributed by atoms with E-state index in [9.17, 15) is 4.79 Å². The van der Waals surface area contributed by atoms with Gasteiger partial charge >= 0.3 is 0 Å². The normalized spacial score (nSPS) is 24.7. The Labute approximate surface area is 131 Å². The van der Waals surface area contributed by atoms with E-state index >= 15 is 0 Å². The van der Waals surface area contributed by atoms with Crippen molar-refractivity contribution in [1.29, 1.82) is 0 Å². The molecule has 2 atom stereocenters. The lowest BCUT2D eigenvalue weighted by Crippen LogP contribution is -2.39. The first-order valence-corrected chi connectivity index (χ1v) is 7.75. The van der Waals surface area contributed by atoms with Crippen molar-refractivity contribution < 1.29 is 9.53 Å². The highest BCUT2D eigenvalue weighted by molar-refractivity contribution is 5.73. The van der Waals surface area contributed by atoms with E-state index in [1.807, 2.05) is 36.4 Å². The molecule has 1 N–H and O–H groups in total. The first-order valence-electron chi connectivity index (χ1n) is 7.75. The van der Waals surface area contributed by atoms with Gasteiger partial charge < -0.3 is 10.1 Å². The monoisotopic (exact) mass is 295 g/mol. The van der Waals surface area contributed by atoms with Gasteiger partial charge in [0.15, 0.2) is 0 Å². The summed E-state index contributed by atoms with van der Waals surface area (Å²) in [7, 11) is 0. The molecule has 2 aromatic rings. The topological polar surface area (TPSA) is 38.3 Å². The first-order chi connectivity index (χ1) is 10.7. The molecule has 1 fully saturated rings. The lowest BCUT2D eigenvalue weighted by molar-refractivity contribution is -0.122. The van der Waals surface area contributed by atoms with Crippen molar-refractivity contribution in [1.82, 2.24) is 5.32 Å². The maximum absolute atomic E-state index is 11.4. The summed E-state index contributed by atoms with van der Waals surface area (Å²) in [5.41, 5.74) is 2.33. The zero-order valence-electron chi connectivity index (χ0n) is 12.7. The lowest BCUT2D eigenvalue weighted by atomic mass is 9.91. The second-order valence-electron chi connectivity index (χ2n) is 5.80. The lowest BCUT2D eigenvalue weighted by Gasteiger charge is -2.36. The summed E-state index contributed by atoms with van der Waals surface area (Å²) < 4.78 is 6.32. The van der Waals surface area contributed by atoms with Crippen molar-refractivity contribution in [3.63, 3.8) is 0 Å². The molecule has 3 heteroatoms. The fraction of sp³-hybridized carbons (Fsp3) is 0.316. The van der Waals surface area contributed by atoms with Crippen LogP contribution in [0.2, 0.25) is 0 Å². The van der Waals surface area contributed by atoms with Crippen LogP contribution in [-0.2, 0) is 9.53 Å². The molecule has 0 bridgehead atoms. The van der Waals surface area contributed by atoms with Crippen LogP contribution >= 0.6 is 0 Å². The molecule has 0 aliphatic carbocycles. The molecule has 1 heterocycles. The fourth-order valence-corrected chi connectivity index (χ4v) is 3.09. The van der Waals surface area contributed by atoms with Crippen LogP contribution in [0, 0.1) is 0 Å². The number of nitrogens with one attached hydrogen (secondary N) is 1. The molecule has 1 amide bonds. The number of carbonyl (C=O) groups excluding carboxylic acids is 1. The third-order valence-corrected chi connectivity index (χ3v) is 4.08. The number of rotatable bonds is 3. The van der Waals surface area contributed by atoms with E-state index in [2.05, 4.69) is 29.6 Å². The minimum Gasteiger partial charge on any atom is -0.365 e. The Hall–Kier alpha value is -2.13. The molecule has 1 aliphatic rings. The van der Waals surface area contributed by atoms with E-state index in [0.29, 0.717) is 0 Å². The minimum atomic E-state index is 0.0111. The number of hydrogen-bond donors (Lipinski definition) is 1. The van der Waals surface area contributed by atoms with Gasteiger partial charge in [-0.05, 0) is 24.0 Å². The smallest absolute Gasteiger partial charge is 0.217 e. The van der Waals surface area contributed by atoms with E-state index in [-0.39, 0.29) is 24.2 Å². The van der Waals surface area contributed by atoms with Gasteiger partial charge in [-0.25, -0.2) is 0 Å². The molecule has 0 saturated carbocycles. The Kier molecular flexibility index (Phi) is 4.54. The molecule has 0 unspecified atom stereocenters. The molecule has 0 radical (unpaired) electrons. The Morgan fingerprint density at radius 1 is 0.909 bits per heavy atom. The zero-order chi connectivity index (χ0) is 15.4. The Morgan fingerprint density at radius 3 is 1.77 bits per heavy atom. The molecule has 3 nitrogen and oxygen atoms in total. The second-order valence-corrected chi connectivity index (χ2v) is 5.80. The van der Waals surface area contributed by atoms with Crippen LogP contribution in [0.15, 0.2) is 60.7 Å². The van der Waals surface area contributed by atoms with Crippen LogP contribution in [0.5, 0.6) is 0 Å². The number of amides is 1. The van der Waals surface area contributed by atoms with Gasteiger partial charge in [-0.2, -0.15) is 0 Å². The number of ether oxygens (including phenoxy) is 1. The van der Waals surface area contributed by atoms with Crippen molar-refractivity contribution in [2.24, 2.45) is 0 Å². The predicted molar refractivity (Wildman–Crippen MR) is 86.3 cm³/mol. The molecule has 0 spiro atoms. The Morgan fingerprint density at radius 2 is 1.36 bits per heavy atom. The number of hydrogen-bond acceptors (Lipinski definition) is 2. The maximum atomic E-state index is 11.4. The van der Waals surface area contributed by atoms with Crippen molar-refractivity contribution in [3.8, 4) is 0 Å². The van der Waals surface area contributed by atoms with Gasteiger partial charge in [0.05, 0.1) is 12.2 Å². The molecular formula is C19H21NO2. The van der Waals surface area contributed by atoms with Crippen LogP contribution in [-0.4, -0.2) is 11.9 Å². The zero-order valence-corrected chi connectivity index (χ0v) is 12.7. The molecule has 114 valence electrons. The van der Waals surface area contributed by atoms with Gasteiger partial charge in [0.2, 0.25) is 5.91 Å². The van der Waals surface area contributed by atoms with Crippen LogP contribution in [0.25, 0.3) is 0 Å². The predicted octanol–water partition coefficient (Wildman–Crippen LogP) is 3.78.